The van der Waals surface area contributed by atoms with Gasteiger partial charge in [-0.1, -0.05) is 36.4 Å². The summed E-state index contributed by atoms with van der Waals surface area (Å²) in [5.74, 6) is -2.73. The van der Waals surface area contributed by atoms with E-state index in [4.69, 9.17) is 0 Å². The molecule has 0 unspecified atom stereocenters. The van der Waals surface area contributed by atoms with Gasteiger partial charge in [-0.3, -0.25) is 0 Å². The van der Waals surface area contributed by atoms with Crippen molar-refractivity contribution in [3.8, 4) is 0 Å². The first kappa shape index (κ1) is 8.91. The minimum absolute atomic E-state index is 0.791. The standard InChI is InChI=1S/C10H10F2/c1-10(11,12)8-7-9-5-3-2-4-6-9/h2-8H,1H3/b8-7-. The zero-order valence-electron chi connectivity index (χ0n) is 6.80. The molecule has 0 aliphatic rings. The van der Waals surface area contributed by atoms with Crippen molar-refractivity contribution in [3.63, 3.8) is 0 Å². The quantitative estimate of drug-likeness (QED) is 0.635. The number of hydrogen-bond donors (Lipinski definition) is 0. The Balaban J connectivity index is 2.71. The molecule has 1 rings (SSSR count). The Bertz CT molecular complexity index is 257. The Morgan fingerprint density at radius 2 is 1.75 bits per heavy atom. The molecule has 2 heteroatoms. The average molecular weight is 168 g/mol. The predicted octanol–water partition coefficient (Wildman–Crippen LogP) is 3.36. The SMILES string of the molecule is CC(F)(F)/C=C\c1ccccc1. The molecule has 0 aliphatic heterocycles. The van der Waals surface area contributed by atoms with Gasteiger partial charge < -0.3 is 0 Å². The largest absolute Gasteiger partial charge is 0.264 e. The van der Waals surface area contributed by atoms with Crippen molar-refractivity contribution in [2.45, 2.75) is 12.8 Å². The monoisotopic (exact) mass is 168 g/mol. The lowest BCUT2D eigenvalue weighted by molar-refractivity contribution is 0.0784. The smallest absolute Gasteiger partial charge is 0.202 e. The second-order valence-electron chi connectivity index (χ2n) is 2.70. The maximum atomic E-state index is 12.3. The van der Waals surface area contributed by atoms with Crippen LogP contribution in [0.15, 0.2) is 36.4 Å². The zero-order valence-corrected chi connectivity index (χ0v) is 6.80. The van der Waals surface area contributed by atoms with E-state index in [1.807, 2.05) is 18.2 Å². The lowest BCUT2D eigenvalue weighted by Gasteiger charge is -2.01. The van der Waals surface area contributed by atoms with E-state index in [0.717, 1.165) is 18.6 Å². The molecule has 0 heterocycles. The molecule has 0 nitrogen and oxygen atoms in total. The molecule has 1 aromatic rings. The number of halogens is 2. The Morgan fingerprint density at radius 1 is 1.17 bits per heavy atom. The first-order valence-electron chi connectivity index (χ1n) is 3.70. The molecule has 0 saturated carbocycles. The van der Waals surface area contributed by atoms with E-state index in [-0.39, 0.29) is 0 Å². The zero-order chi connectivity index (χ0) is 9.03. The molecule has 0 N–H and O–H groups in total. The molecule has 0 fully saturated rings. The molecule has 1 aromatic carbocycles. The van der Waals surface area contributed by atoms with E-state index < -0.39 is 5.92 Å². The van der Waals surface area contributed by atoms with Crippen LogP contribution in [-0.4, -0.2) is 5.92 Å². The highest BCUT2D eigenvalue weighted by atomic mass is 19.3. The van der Waals surface area contributed by atoms with Gasteiger partial charge in [0.1, 0.15) is 0 Å². The van der Waals surface area contributed by atoms with Crippen molar-refractivity contribution in [1.82, 2.24) is 0 Å². The van der Waals surface area contributed by atoms with Crippen LogP contribution in [0, 0.1) is 0 Å². The van der Waals surface area contributed by atoms with Crippen LogP contribution in [0.2, 0.25) is 0 Å². The summed E-state index contributed by atoms with van der Waals surface area (Å²) in [4.78, 5) is 0. The molecular formula is C10H10F2. The van der Waals surface area contributed by atoms with Crippen molar-refractivity contribution in [1.29, 1.82) is 0 Å². The third-order valence-corrected chi connectivity index (χ3v) is 1.37. The molecular weight excluding hydrogens is 158 g/mol. The van der Waals surface area contributed by atoms with Crippen LogP contribution in [0.1, 0.15) is 12.5 Å². The topological polar surface area (TPSA) is 0 Å². The van der Waals surface area contributed by atoms with Gasteiger partial charge in [0.05, 0.1) is 0 Å². The van der Waals surface area contributed by atoms with Gasteiger partial charge in [0.25, 0.3) is 5.92 Å². The highest BCUT2D eigenvalue weighted by Gasteiger charge is 2.14. The lowest BCUT2D eigenvalue weighted by atomic mass is 10.2. The number of alkyl halides is 2. The van der Waals surface area contributed by atoms with Gasteiger partial charge in [-0.2, -0.15) is 0 Å². The van der Waals surface area contributed by atoms with E-state index in [9.17, 15) is 8.78 Å². The summed E-state index contributed by atoms with van der Waals surface area (Å²) in [6, 6.07) is 9.03. The highest BCUT2D eigenvalue weighted by Crippen LogP contribution is 2.15. The second kappa shape index (κ2) is 3.48. The minimum Gasteiger partial charge on any atom is -0.202 e. The van der Waals surface area contributed by atoms with Gasteiger partial charge in [0.15, 0.2) is 0 Å². The number of hydrogen-bond acceptors (Lipinski definition) is 0. The molecule has 0 saturated heterocycles. The Hall–Kier alpha value is -1.18. The Labute approximate surface area is 70.5 Å². The third-order valence-electron chi connectivity index (χ3n) is 1.37. The summed E-state index contributed by atoms with van der Waals surface area (Å²) < 4.78 is 24.6. The van der Waals surface area contributed by atoms with Gasteiger partial charge in [-0.25, -0.2) is 8.78 Å². The second-order valence-corrected chi connectivity index (χ2v) is 2.70. The molecule has 64 valence electrons. The van der Waals surface area contributed by atoms with E-state index in [2.05, 4.69) is 0 Å². The third kappa shape index (κ3) is 3.28. The number of allylic oxidation sites excluding steroid dienone is 1. The van der Waals surface area contributed by atoms with Gasteiger partial charge in [-0.15, -0.1) is 0 Å². The molecule has 0 spiro atoms. The van der Waals surface area contributed by atoms with Crippen LogP contribution in [0.4, 0.5) is 8.78 Å². The van der Waals surface area contributed by atoms with Crippen molar-refractivity contribution in [3.05, 3.63) is 42.0 Å². The molecule has 0 aliphatic carbocycles. The summed E-state index contributed by atoms with van der Waals surface area (Å²) in [5, 5.41) is 0. The van der Waals surface area contributed by atoms with Crippen molar-refractivity contribution in [2.24, 2.45) is 0 Å². The number of rotatable bonds is 2. The first-order valence-corrected chi connectivity index (χ1v) is 3.70. The summed E-state index contributed by atoms with van der Waals surface area (Å²) >= 11 is 0. The molecule has 0 amide bonds. The van der Waals surface area contributed by atoms with Gasteiger partial charge in [0.2, 0.25) is 0 Å². The summed E-state index contributed by atoms with van der Waals surface area (Å²) in [7, 11) is 0. The summed E-state index contributed by atoms with van der Waals surface area (Å²) in [5.41, 5.74) is 0.791. The van der Waals surface area contributed by atoms with E-state index >= 15 is 0 Å². The Morgan fingerprint density at radius 3 is 2.25 bits per heavy atom. The van der Waals surface area contributed by atoms with Crippen LogP contribution >= 0.6 is 0 Å². The van der Waals surface area contributed by atoms with Crippen LogP contribution in [-0.2, 0) is 0 Å². The molecule has 0 aromatic heterocycles. The maximum absolute atomic E-state index is 12.3. The first-order chi connectivity index (χ1) is 5.58. The summed E-state index contributed by atoms with van der Waals surface area (Å²) in [6.07, 6.45) is 2.31. The van der Waals surface area contributed by atoms with Crippen molar-refractivity contribution < 1.29 is 8.78 Å². The van der Waals surface area contributed by atoms with Gasteiger partial charge in [-0.05, 0) is 11.6 Å². The molecule has 0 atom stereocenters. The van der Waals surface area contributed by atoms with Crippen LogP contribution < -0.4 is 0 Å². The number of benzene rings is 1. The Kier molecular flexibility index (Phi) is 2.58. The van der Waals surface area contributed by atoms with Gasteiger partial charge in [0, 0.05) is 6.92 Å². The molecule has 0 bridgehead atoms. The van der Waals surface area contributed by atoms with E-state index in [1.54, 1.807) is 12.1 Å². The van der Waals surface area contributed by atoms with E-state index in [0.29, 0.717) is 0 Å². The van der Waals surface area contributed by atoms with Gasteiger partial charge >= 0.3 is 0 Å². The fraction of sp³-hybridized carbons (Fsp3) is 0.200. The fourth-order valence-electron chi connectivity index (χ4n) is 0.807. The van der Waals surface area contributed by atoms with Crippen LogP contribution in [0.3, 0.4) is 0 Å². The maximum Gasteiger partial charge on any atom is 0.264 e. The van der Waals surface area contributed by atoms with E-state index in [1.165, 1.54) is 6.08 Å². The lowest BCUT2D eigenvalue weighted by Crippen LogP contribution is -2.02. The molecule has 12 heavy (non-hydrogen) atoms. The summed E-state index contributed by atoms with van der Waals surface area (Å²) in [6.45, 7) is 0.868. The van der Waals surface area contributed by atoms with Crippen LogP contribution in [0.5, 0.6) is 0 Å². The normalized spacial score (nSPS) is 12.2. The predicted molar refractivity (Wildman–Crippen MR) is 46.1 cm³/mol. The van der Waals surface area contributed by atoms with Crippen LogP contribution in [0.25, 0.3) is 6.08 Å². The fourth-order valence-corrected chi connectivity index (χ4v) is 0.807. The minimum atomic E-state index is -2.73. The molecule has 0 radical (unpaired) electrons. The van der Waals surface area contributed by atoms with Crippen molar-refractivity contribution >= 4 is 6.08 Å². The highest BCUT2D eigenvalue weighted by molar-refractivity contribution is 5.49. The average Bonchev–Trinajstić information content (AvgIpc) is 2.02. The van der Waals surface area contributed by atoms with Crippen molar-refractivity contribution in [2.75, 3.05) is 0 Å².